The fourth-order valence-electron chi connectivity index (χ4n) is 2.56. The zero-order chi connectivity index (χ0) is 16.9. The Balaban J connectivity index is 1.62. The second kappa shape index (κ2) is 7.17. The molecule has 0 spiro atoms. The molecule has 24 heavy (non-hydrogen) atoms. The number of carbonyl (C=O) groups excluding carboxylic acids is 1. The minimum atomic E-state index is -0.0517. The summed E-state index contributed by atoms with van der Waals surface area (Å²) in [6.07, 6.45) is 4.93. The van der Waals surface area contributed by atoms with Crippen LogP contribution in [-0.2, 0) is 11.2 Å². The van der Waals surface area contributed by atoms with E-state index in [2.05, 4.69) is 34.4 Å². The van der Waals surface area contributed by atoms with Crippen molar-refractivity contribution in [2.24, 2.45) is 0 Å². The molecule has 0 aliphatic rings. The molecule has 0 aliphatic carbocycles. The third-order valence-corrected chi connectivity index (χ3v) is 4.08. The monoisotopic (exact) mass is 322 g/mol. The molecule has 124 valence electrons. The number of anilines is 2. The smallest absolute Gasteiger partial charge is 0.228 e. The van der Waals surface area contributed by atoms with Gasteiger partial charge in [-0.15, -0.1) is 0 Å². The second-order valence-electron chi connectivity index (χ2n) is 5.97. The highest BCUT2D eigenvalue weighted by atomic mass is 16.1. The highest BCUT2D eigenvalue weighted by Gasteiger charge is 2.09. The molecule has 1 aromatic carbocycles. The first-order chi connectivity index (χ1) is 11.7. The number of nitrogens with one attached hydrogen (secondary N) is 3. The van der Waals surface area contributed by atoms with Crippen molar-refractivity contribution in [1.29, 1.82) is 0 Å². The van der Waals surface area contributed by atoms with Crippen molar-refractivity contribution in [3.05, 3.63) is 54.4 Å². The van der Waals surface area contributed by atoms with Crippen molar-refractivity contribution in [2.75, 3.05) is 10.6 Å². The first-order valence-corrected chi connectivity index (χ1v) is 8.23. The van der Waals surface area contributed by atoms with Crippen molar-refractivity contribution in [2.45, 2.75) is 32.7 Å². The van der Waals surface area contributed by atoms with Crippen LogP contribution in [0.1, 0.15) is 25.8 Å². The number of rotatable bonds is 6. The summed E-state index contributed by atoms with van der Waals surface area (Å²) in [6, 6.07) is 12.1. The van der Waals surface area contributed by atoms with Gasteiger partial charge >= 0.3 is 0 Å². The van der Waals surface area contributed by atoms with Crippen molar-refractivity contribution in [3.8, 4) is 0 Å². The fraction of sp³-hybridized carbons (Fsp3) is 0.263. The van der Waals surface area contributed by atoms with Gasteiger partial charge in [-0.05, 0) is 37.1 Å². The minimum absolute atomic E-state index is 0.0517. The quantitative estimate of drug-likeness (QED) is 0.643. The maximum atomic E-state index is 12.3. The van der Waals surface area contributed by atoms with Crippen LogP contribution >= 0.6 is 0 Å². The first-order valence-electron chi connectivity index (χ1n) is 8.23. The first kappa shape index (κ1) is 16.1. The molecule has 0 saturated carbocycles. The van der Waals surface area contributed by atoms with Gasteiger partial charge in [-0.1, -0.05) is 25.1 Å². The molecule has 1 unspecified atom stereocenters. The van der Waals surface area contributed by atoms with E-state index in [1.165, 1.54) is 0 Å². The van der Waals surface area contributed by atoms with Crippen LogP contribution in [0.5, 0.6) is 0 Å². The number of H-pyrrole nitrogens is 1. The largest absolute Gasteiger partial charge is 0.368 e. The predicted molar refractivity (Wildman–Crippen MR) is 98.2 cm³/mol. The lowest BCUT2D eigenvalue weighted by Gasteiger charge is -2.12. The van der Waals surface area contributed by atoms with Gasteiger partial charge in [0.2, 0.25) is 5.91 Å². The van der Waals surface area contributed by atoms with Crippen LogP contribution in [0.2, 0.25) is 0 Å². The summed E-state index contributed by atoms with van der Waals surface area (Å²) in [7, 11) is 0. The Morgan fingerprint density at radius 3 is 2.83 bits per heavy atom. The lowest BCUT2D eigenvalue weighted by Crippen LogP contribution is -2.16. The van der Waals surface area contributed by atoms with Crippen LogP contribution in [0.4, 0.5) is 11.5 Å². The Morgan fingerprint density at radius 1 is 1.25 bits per heavy atom. The predicted octanol–water partition coefficient (Wildman–Crippen LogP) is 3.95. The lowest BCUT2D eigenvalue weighted by molar-refractivity contribution is -0.115. The zero-order valence-electron chi connectivity index (χ0n) is 14.0. The number of fused-ring (bicyclic) bond motifs is 1. The van der Waals surface area contributed by atoms with Gasteiger partial charge in [-0.2, -0.15) is 0 Å². The Bertz CT molecular complexity index is 823. The number of benzene rings is 1. The number of aromatic nitrogens is 2. The van der Waals surface area contributed by atoms with Crippen molar-refractivity contribution in [3.63, 3.8) is 0 Å². The summed E-state index contributed by atoms with van der Waals surface area (Å²) in [5.41, 5.74) is 2.74. The van der Waals surface area contributed by atoms with Gasteiger partial charge in [0.25, 0.3) is 0 Å². The Labute approximate surface area is 141 Å². The van der Waals surface area contributed by atoms with E-state index in [0.29, 0.717) is 18.2 Å². The zero-order valence-corrected chi connectivity index (χ0v) is 14.0. The average molecular weight is 322 g/mol. The van der Waals surface area contributed by atoms with Gasteiger partial charge in [0, 0.05) is 23.1 Å². The molecule has 5 nitrogen and oxygen atoms in total. The molecule has 0 radical (unpaired) electrons. The molecule has 3 rings (SSSR count). The van der Waals surface area contributed by atoms with E-state index in [1.54, 1.807) is 6.20 Å². The van der Waals surface area contributed by atoms with Gasteiger partial charge in [0.05, 0.1) is 18.3 Å². The summed E-state index contributed by atoms with van der Waals surface area (Å²) >= 11 is 0. The molecule has 0 aliphatic heterocycles. The molecule has 3 aromatic rings. The molecular formula is C19H22N4O. The lowest BCUT2D eigenvalue weighted by atomic mass is 10.1. The summed E-state index contributed by atoms with van der Waals surface area (Å²) < 4.78 is 0. The van der Waals surface area contributed by atoms with E-state index < -0.39 is 0 Å². The SMILES string of the molecule is CCC(C)Nc1ccc(NC(=O)Cc2c[nH]c3ccccc23)cn1. The van der Waals surface area contributed by atoms with Crippen LogP contribution in [0.3, 0.4) is 0 Å². The summed E-state index contributed by atoms with van der Waals surface area (Å²) in [5.74, 6) is 0.767. The van der Waals surface area contributed by atoms with E-state index in [1.807, 2.05) is 42.6 Å². The van der Waals surface area contributed by atoms with Crippen LogP contribution in [-0.4, -0.2) is 21.9 Å². The molecule has 0 fully saturated rings. The minimum Gasteiger partial charge on any atom is -0.368 e. The highest BCUT2D eigenvalue weighted by Crippen LogP contribution is 2.19. The fourth-order valence-corrected chi connectivity index (χ4v) is 2.56. The van der Waals surface area contributed by atoms with E-state index in [9.17, 15) is 4.79 Å². The van der Waals surface area contributed by atoms with E-state index in [0.717, 1.165) is 28.7 Å². The van der Waals surface area contributed by atoms with Gasteiger partial charge in [0.1, 0.15) is 5.82 Å². The van der Waals surface area contributed by atoms with Gasteiger partial charge in [0.15, 0.2) is 0 Å². The van der Waals surface area contributed by atoms with Crippen LogP contribution in [0, 0.1) is 0 Å². The van der Waals surface area contributed by atoms with E-state index in [-0.39, 0.29) is 5.91 Å². The summed E-state index contributed by atoms with van der Waals surface area (Å²) in [4.78, 5) is 19.8. The number of carbonyl (C=O) groups is 1. The Kier molecular flexibility index (Phi) is 4.79. The number of pyridine rings is 1. The third kappa shape index (κ3) is 3.74. The molecule has 1 amide bonds. The maximum Gasteiger partial charge on any atom is 0.228 e. The summed E-state index contributed by atoms with van der Waals surface area (Å²) in [6.45, 7) is 4.23. The Hall–Kier alpha value is -2.82. The number of para-hydroxylation sites is 1. The second-order valence-corrected chi connectivity index (χ2v) is 5.97. The third-order valence-electron chi connectivity index (χ3n) is 4.08. The number of hydrogen-bond acceptors (Lipinski definition) is 3. The normalized spacial score (nSPS) is 12.1. The number of nitrogens with zero attached hydrogens (tertiary/aromatic N) is 1. The molecule has 0 saturated heterocycles. The van der Waals surface area contributed by atoms with Crippen molar-refractivity contribution in [1.82, 2.24) is 9.97 Å². The van der Waals surface area contributed by atoms with Crippen molar-refractivity contribution >= 4 is 28.3 Å². The Morgan fingerprint density at radius 2 is 2.08 bits per heavy atom. The standard InChI is InChI=1S/C19H22N4O/c1-3-13(2)22-18-9-8-15(12-21-18)23-19(24)10-14-11-20-17-7-5-4-6-16(14)17/h4-9,11-13,20H,3,10H2,1-2H3,(H,21,22)(H,23,24). The van der Waals surface area contributed by atoms with Gasteiger partial charge < -0.3 is 15.6 Å². The molecule has 2 heterocycles. The van der Waals surface area contributed by atoms with Crippen molar-refractivity contribution < 1.29 is 4.79 Å². The van der Waals surface area contributed by atoms with Crippen LogP contribution < -0.4 is 10.6 Å². The molecule has 0 bridgehead atoms. The van der Waals surface area contributed by atoms with E-state index >= 15 is 0 Å². The molecule has 1 atom stereocenters. The number of amides is 1. The average Bonchev–Trinajstić information content (AvgIpc) is 2.99. The van der Waals surface area contributed by atoms with Gasteiger partial charge in [-0.25, -0.2) is 4.98 Å². The highest BCUT2D eigenvalue weighted by molar-refractivity contribution is 5.95. The summed E-state index contributed by atoms with van der Waals surface area (Å²) in [5, 5.41) is 7.28. The maximum absolute atomic E-state index is 12.3. The van der Waals surface area contributed by atoms with Crippen LogP contribution in [0.25, 0.3) is 10.9 Å². The topological polar surface area (TPSA) is 69.8 Å². The number of hydrogen-bond donors (Lipinski definition) is 3. The van der Waals surface area contributed by atoms with Crippen LogP contribution in [0.15, 0.2) is 48.8 Å². The molecule has 5 heteroatoms. The molecule has 2 aromatic heterocycles. The van der Waals surface area contributed by atoms with Gasteiger partial charge in [-0.3, -0.25) is 4.79 Å². The van der Waals surface area contributed by atoms with E-state index in [4.69, 9.17) is 0 Å². The molecule has 3 N–H and O–H groups in total. The number of aromatic amines is 1. The molecular weight excluding hydrogens is 300 g/mol.